The third-order valence-corrected chi connectivity index (χ3v) is 9.17. The van der Waals surface area contributed by atoms with Crippen molar-refractivity contribution in [1.82, 2.24) is 20.4 Å². The Kier molecular flexibility index (Phi) is 11.0. The monoisotopic (exact) mass is 726 g/mol. The molecule has 0 aliphatic rings. The number of amides is 2. The summed E-state index contributed by atoms with van der Waals surface area (Å²) < 4.78 is 57.4. The Balaban J connectivity index is 1.89. The van der Waals surface area contributed by atoms with E-state index in [1.807, 2.05) is 0 Å². The summed E-state index contributed by atoms with van der Waals surface area (Å²) in [5.74, 6) is -1.05. The third-order valence-electron chi connectivity index (χ3n) is 6.69. The summed E-state index contributed by atoms with van der Waals surface area (Å²) in [7, 11) is -1.92. The molecule has 0 bridgehead atoms. The van der Waals surface area contributed by atoms with E-state index in [1.165, 1.54) is 36.5 Å². The Morgan fingerprint density at radius 2 is 1.54 bits per heavy atom. The van der Waals surface area contributed by atoms with Gasteiger partial charge in [-0.1, -0.05) is 17.3 Å². The lowest BCUT2D eigenvalue weighted by Crippen LogP contribution is -2.44. The van der Waals surface area contributed by atoms with Crippen molar-refractivity contribution >= 4 is 50.9 Å². The first kappa shape index (κ1) is 37.9. The van der Waals surface area contributed by atoms with Gasteiger partial charge in [0.2, 0.25) is 0 Å². The Morgan fingerprint density at radius 1 is 0.940 bits per heavy atom. The molecule has 13 nitrogen and oxygen atoms in total. The van der Waals surface area contributed by atoms with E-state index < -0.39 is 44.3 Å². The Bertz CT molecular complexity index is 1990. The average Bonchev–Trinajstić information content (AvgIpc) is 3.49. The minimum absolute atomic E-state index is 0.0720. The zero-order valence-electron chi connectivity index (χ0n) is 29.1. The summed E-state index contributed by atoms with van der Waals surface area (Å²) >= 11 is 5.09. The van der Waals surface area contributed by atoms with Crippen molar-refractivity contribution in [3.63, 3.8) is 0 Å². The zero-order valence-corrected chi connectivity index (χ0v) is 30.7. The van der Waals surface area contributed by atoms with Gasteiger partial charge in [0.25, 0.3) is 0 Å². The lowest BCUT2D eigenvalue weighted by atomic mass is 10.1. The van der Waals surface area contributed by atoms with E-state index in [0.29, 0.717) is 21.3 Å². The lowest BCUT2D eigenvalue weighted by molar-refractivity contribution is 0.0429. The fourth-order valence-electron chi connectivity index (χ4n) is 4.31. The van der Waals surface area contributed by atoms with Crippen LogP contribution in [0, 0.1) is 5.82 Å². The van der Waals surface area contributed by atoms with Crippen molar-refractivity contribution in [1.29, 1.82) is 0 Å². The standard InChI is InChI=1S/C34H39FN6O7S2/c1-19(2)50(44,45)22-13-10-20(11-14-22)26-18-37-29(41(31(42)46-33(3,4)5)32(43)47-34(6,7)8)28(39-26)27-17-25(40-48-27)23-15-12-21(16-24(23)35)38-30(49)36-9/h10-19H,1-9H3,(H2,36,38,49). The molecule has 0 spiro atoms. The minimum atomic E-state index is -3.54. The van der Waals surface area contributed by atoms with Crippen LogP contribution in [0.5, 0.6) is 0 Å². The van der Waals surface area contributed by atoms with Crippen LogP contribution in [0.3, 0.4) is 0 Å². The maximum Gasteiger partial charge on any atom is 0.425 e. The molecule has 0 saturated carbocycles. The topological polar surface area (TPSA) is 166 Å². The first-order valence-electron chi connectivity index (χ1n) is 15.4. The van der Waals surface area contributed by atoms with Crippen molar-refractivity contribution < 1.29 is 36.4 Å². The summed E-state index contributed by atoms with van der Waals surface area (Å²) in [5, 5.41) is 9.29. The predicted molar refractivity (Wildman–Crippen MR) is 191 cm³/mol. The van der Waals surface area contributed by atoms with Gasteiger partial charge in [0, 0.05) is 29.9 Å². The minimum Gasteiger partial charge on any atom is -0.443 e. The van der Waals surface area contributed by atoms with E-state index in [2.05, 4.69) is 25.8 Å². The number of hydrogen-bond donors (Lipinski definition) is 2. The summed E-state index contributed by atoms with van der Waals surface area (Å²) in [6.07, 6.45) is -0.913. The molecule has 2 heterocycles. The molecular weight excluding hydrogens is 688 g/mol. The first-order chi connectivity index (χ1) is 23.2. The fourth-order valence-corrected chi connectivity index (χ4v) is 5.49. The Hall–Kier alpha value is -4.96. The van der Waals surface area contributed by atoms with E-state index in [0.717, 1.165) is 0 Å². The van der Waals surface area contributed by atoms with Gasteiger partial charge in [0.1, 0.15) is 22.7 Å². The van der Waals surface area contributed by atoms with Gasteiger partial charge in [-0.15, -0.1) is 0 Å². The highest BCUT2D eigenvalue weighted by molar-refractivity contribution is 7.92. The SMILES string of the molecule is CNC(=S)Nc1ccc(-c2cc(-c3nc(-c4ccc(S(=O)(=O)C(C)C)cc4)cnc3N(C(=O)OC(C)(C)C)C(=O)OC(C)(C)C)on2)c(F)c1. The van der Waals surface area contributed by atoms with Crippen LogP contribution in [0.15, 0.2) is 64.1 Å². The number of hydrogen-bond acceptors (Lipinski definition) is 11. The highest BCUT2D eigenvalue weighted by Gasteiger charge is 2.37. The van der Waals surface area contributed by atoms with Crippen molar-refractivity contribution in [3.05, 3.63) is 60.5 Å². The zero-order chi connectivity index (χ0) is 37.2. The van der Waals surface area contributed by atoms with Crippen molar-refractivity contribution in [2.75, 3.05) is 17.3 Å². The molecule has 2 N–H and O–H groups in total. The van der Waals surface area contributed by atoms with E-state index >= 15 is 4.39 Å². The van der Waals surface area contributed by atoms with Crippen molar-refractivity contribution in [3.8, 4) is 34.0 Å². The second kappa shape index (κ2) is 14.5. The van der Waals surface area contributed by atoms with Gasteiger partial charge in [-0.2, -0.15) is 4.90 Å². The number of nitrogens with one attached hydrogen (secondary N) is 2. The largest absolute Gasteiger partial charge is 0.443 e. The van der Waals surface area contributed by atoms with Crippen LogP contribution in [0.1, 0.15) is 55.4 Å². The summed E-state index contributed by atoms with van der Waals surface area (Å²) in [5.41, 5.74) is -0.946. The average molecular weight is 727 g/mol. The Labute approximate surface area is 295 Å². The summed E-state index contributed by atoms with van der Waals surface area (Å²) in [6, 6.07) is 11.7. The molecule has 266 valence electrons. The number of aromatic nitrogens is 3. The molecule has 50 heavy (non-hydrogen) atoms. The number of benzene rings is 2. The van der Waals surface area contributed by atoms with Gasteiger partial charge >= 0.3 is 12.2 Å². The second-order valence-corrected chi connectivity index (χ2v) is 16.2. The van der Waals surface area contributed by atoms with Gasteiger partial charge in [-0.25, -0.2) is 32.4 Å². The number of imide groups is 1. The van der Waals surface area contributed by atoms with Gasteiger partial charge in [-0.3, -0.25) is 0 Å². The Morgan fingerprint density at radius 3 is 2.06 bits per heavy atom. The molecule has 0 unspecified atom stereocenters. The number of anilines is 2. The number of carbonyl (C=O) groups excluding carboxylic acids is 2. The highest BCUT2D eigenvalue weighted by atomic mass is 32.2. The highest BCUT2D eigenvalue weighted by Crippen LogP contribution is 2.35. The molecule has 4 aromatic rings. The number of ether oxygens (including phenoxy) is 2. The molecule has 4 rings (SSSR count). The van der Waals surface area contributed by atoms with Crippen LogP contribution in [0.2, 0.25) is 0 Å². The van der Waals surface area contributed by atoms with Crippen molar-refractivity contribution in [2.24, 2.45) is 0 Å². The van der Waals surface area contributed by atoms with Crippen LogP contribution in [0.25, 0.3) is 34.0 Å². The first-order valence-corrected chi connectivity index (χ1v) is 17.4. The van der Waals surface area contributed by atoms with Crippen LogP contribution in [-0.2, 0) is 19.3 Å². The maximum atomic E-state index is 15.3. The smallest absolute Gasteiger partial charge is 0.425 e. The molecule has 2 amide bonds. The van der Waals surface area contributed by atoms with E-state index in [4.69, 9.17) is 26.2 Å². The lowest BCUT2D eigenvalue weighted by Gasteiger charge is -2.28. The van der Waals surface area contributed by atoms with E-state index in [-0.39, 0.29) is 39.1 Å². The molecule has 2 aromatic carbocycles. The van der Waals surface area contributed by atoms with Crippen LogP contribution >= 0.6 is 12.2 Å². The molecule has 0 fully saturated rings. The molecule has 0 atom stereocenters. The number of thiocarbonyl (C=S) groups is 1. The molecule has 2 aromatic heterocycles. The van der Waals surface area contributed by atoms with Crippen LogP contribution in [0.4, 0.5) is 25.5 Å². The number of nitrogens with zero attached hydrogens (tertiary/aromatic N) is 4. The number of carbonyl (C=O) groups is 2. The molecule has 0 aliphatic carbocycles. The van der Waals surface area contributed by atoms with Crippen molar-refractivity contribution in [2.45, 2.75) is 76.7 Å². The maximum absolute atomic E-state index is 15.3. The fraction of sp³-hybridized carbons (Fsp3) is 0.353. The molecule has 16 heteroatoms. The summed E-state index contributed by atoms with van der Waals surface area (Å²) in [6.45, 7) is 12.9. The molecular formula is C34H39FN6O7S2. The second-order valence-electron chi connectivity index (χ2n) is 13.3. The number of sulfone groups is 1. The van der Waals surface area contributed by atoms with Gasteiger partial charge in [0.15, 0.2) is 32.2 Å². The normalized spacial score (nSPS) is 12.0. The predicted octanol–water partition coefficient (Wildman–Crippen LogP) is 7.38. The quantitative estimate of drug-likeness (QED) is 0.181. The summed E-state index contributed by atoms with van der Waals surface area (Å²) in [4.78, 5) is 37.0. The van der Waals surface area contributed by atoms with Crippen LogP contribution in [-0.4, -0.2) is 64.3 Å². The molecule has 0 radical (unpaired) electrons. The number of halogens is 1. The van der Waals surface area contributed by atoms with Gasteiger partial charge in [-0.05, 0) is 97.9 Å². The molecule has 0 saturated heterocycles. The number of rotatable bonds is 7. The van der Waals surface area contributed by atoms with Gasteiger partial charge in [0.05, 0.1) is 22.0 Å². The van der Waals surface area contributed by atoms with Crippen LogP contribution < -0.4 is 15.5 Å². The molecule has 0 aliphatic heterocycles. The van der Waals surface area contributed by atoms with Gasteiger partial charge < -0.3 is 24.6 Å². The van der Waals surface area contributed by atoms with E-state index in [9.17, 15) is 18.0 Å². The van der Waals surface area contributed by atoms with E-state index in [1.54, 1.807) is 80.6 Å². The third kappa shape index (κ3) is 8.98.